The van der Waals surface area contributed by atoms with Crippen LogP contribution in [0.25, 0.3) is 0 Å². The summed E-state index contributed by atoms with van der Waals surface area (Å²) in [5, 5.41) is 6.87. The van der Waals surface area contributed by atoms with E-state index in [4.69, 9.17) is 0 Å². The molecule has 0 saturated carbocycles. The first kappa shape index (κ1) is 19.4. The lowest BCUT2D eigenvalue weighted by molar-refractivity contribution is 0.131. The fourth-order valence-corrected chi connectivity index (χ4v) is 3.47. The summed E-state index contributed by atoms with van der Waals surface area (Å²) in [6.07, 6.45) is 1.99. The zero-order chi connectivity index (χ0) is 19.1. The Morgan fingerprint density at radius 2 is 1.52 bits per heavy atom. The molecule has 1 aliphatic rings. The molecular formula is C23H32N4. The molecule has 3 rings (SSSR count). The SMILES string of the molecule is CCN(CC)c1ccc(C=NN2CCN(Cc3ccc(C)cc3)CC2)cc1. The Morgan fingerprint density at radius 3 is 2.11 bits per heavy atom. The second-order valence-corrected chi connectivity index (χ2v) is 7.22. The summed E-state index contributed by atoms with van der Waals surface area (Å²) >= 11 is 0. The number of anilines is 1. The highest BCUT2D eigenvalue weighted by Crippen LogP contribution is 2.14. The van der Waals surface area contributed by atoms with Crippen LogP contribution in [0.3, 0.4) is 0 Å². The van der Waals surface area contributed by atoms with E-state index in [1.54, 1.807) is 0 Å². The van der Waals surface area contributed by atoms with E-state index in [1.807, 2.05) is 6.21 Å². The topological polar surface area (TPSA) is 22.1 Å². The number of benzene rings is 2. The molecule has 0 unspecified atom stereocenters. The van der Waals surface area contributed by atoms with Gasteiger partial charge in [0.2, 0.25) is 0 Å². The first-order valence-corrected chi connectivity index (χ1v) is 10.1. The number of hydrogen-bond acceptors (Lipinski definition) is 4. The average molecular weight is 365 g/mol. The molecule has 0 aromatic heterocycles. The first-order chi connectivity index (χ1) is 13.2. The van der Waals surface area contributed by atoms with Gasteiger partial charge in [0.15, 0.2) is 0 Å². The molecule has 0 N–H and O–H groups in total. The van der Waals surface area contributed by atoms with Crippen molar-refractivity contribution in [2.45, 2.75) is 27.3 Å². The van der Waals surface area contributed by atoms with E-state index in [-0.39, 0.29) is 0 Å². The van der Waals surface area contributed by atoms with Crippen molar-refractivity contribution >= 4 is 11.9 Å². The van der Waals surface area contributed by atoms with Crippen molar-refractivity contribution in [3.8, 4) is 0 Å². The molecule has 1 aliphatic heterocycles. The first-order valence-electron chi connectivity index (χ1n) is 10.1. The van der Waals surface area contributed by atoms with Crippen molar-refractivity contribution in [1.82, 2.24) is 9.91 Å². The van der Waals surface area contributed by atoms with Crippen molar-refractivity contribution < 1.29 is 0 Å². The van der Waals surface area contributed by atoms with Crippen LogP contribution in [0.1, 0.15) is 30.5 Å². The molecule has 144 valence electrons. The Balaban J connectivity index is 1.47. The summed E-state index contributed by atoms with van der Waals surface area (Å²) in [4.78, 5) is 4.86. The number of nitrogens with zero attached hydrogens (tertiary/aromatic N) is 4. The van der Waals surface area contributed by atoms with E-state index >= 15 is 0 Å². The van der Waals surface area contributed by atoms with Gasteiger partial charge in [0.1, 0.15) is 0 Å². The van der Waals surface area contributed by atoms with Gasteiger partial charge in [0, 0.05) is 51.5 Å². The highest BCUT2D eigenvalue weighted by Gasteiger charge is 2.15. The average Bonchev–Trinajstić information content (AvgIpc) is 2.71. The number of aryl methyl sites for hydroxylation is 1. The summed E-state index contributed by atoms with van der Waals surface area (Å²) in [6, 6.07) is 17.6. The van der Waals surface area contributed by atoms with Gasteiger partial charge in [-0.05, 0) is 44.0 Å². The van der Waals surface area contributed by atoms with Crippen molar-refractivity contribution in [1.29, 1.82) is 0 Å². The lowest BCUT2D eigenvalue weighted by Crippen LogP contribution is -2.43. The van der Waals surface area contributed by atoms with Crippen LogP contribution in [0.2, 0.25) is 0 Å². The highest BCUT2D eigenvalue weighted by molar-refractivity contribution is 5.80. The van der Waals surface area contributed by atoms with Crippen LogP contribution in [0.15, 0.2) is 53.6 Å². The Kier molecular flexibility index (Phi) is 6.88. The zero-order valence-electron chi connectivity index (χ0n) is 16.9. The molecule has 0 radical (unpaired) electrons. The molecule has 1 fully saturated rings. The number of hydrogen-bond donors (Lipinski definition) is 0. The second kappa shape index (κ2) is 9.56. The quantitative estimate of drug-likeness (QED) is 0.694. The molecule has 0 spiro atoms. The minimum atomic E-state index is 0.986. The van der Waals surface area contributed by atoms with Crippen molar-refractivity contribution in [2.24, 2.45) is 5.10 Å². The molecule has 0 atom stereocenters. The number of hydrazone groups is 1. The maximum atomic E-state index is 4.69. The van der Waals surface area contributed by atoms with Gasteiger partial charge in [-0.2, -0.15) is 5.10 Å². The molecule has 4 heteroatoms. The summed E-state index contributed by atoms with van der Waals surface area (Å²) in [5.41, 5.74) is 5.16. The summed E-state index contributed by atoms with van der Waals surface area (Å²) < 4.78 is 0. The van der Waals surface area contributed by atoms with Crippen LogP contribution < -0.4 is 4.90 Å². The van der Waals surface area contributed by atoms with Crippen molar-refractivity contribution in [3.63, 3.8) is 0 Å². The maximum absolute atomic E-state index is 4.69. The predicted octanol–water partition coefficient (Wildman–Crippen LogP) is 3.99. The van der Waals surface area contributed by atoms with Crippen molar-refractivity contribution in [3.05, 3.63) is 65.2 Å². The number of rotatable bonds is 7. The molecule has 4 nitrogen and oxygen atoms in total. The monoisotopic (exact) mass is 364 g/mol. The number of piperazine rings is 1. The van der Waals surface area contributed by atoms with Gasteiger partial charge < -0.3 is 4.90 Å². The largest absolute Gasteiger partial charge is 0.372 e. The van der Waals surface area contributed by atoms with E-state index in [1.165, 1.54) is 16.8 Å². The fourth-order valence-electron chi connectivity index (χ4n) is 3.47. The summed E-state index contributed by atoms with van der Waals surface area (Å²) in [7, 11) is 0. The van der Waals surface area contributed by atoms with Crippen molar-refractivity contribution in [2.75, 3.05) is 44.2 Å². The molecule has 1 heterocycles. The molecule has 1 saturated heterocycles. The van der Waals surface area contributed by atoms with Gasteiger partial charge in [-0.25, -0.2) is 0 Å². The standard InChI is InChI=1S/C23H32N4/c1-4-26(5-2)23-12-10-21(11-13-23)18-24-27-16-14-25(15-17-27)19-22-8-6-20(3)7-9-22/h6-13,18H,4-5,14-17,19H2,1-3H3. The van der Waals surface area contributed by atoms with E-state index in [9.17, 15) is 0 Å². The van der Waals surface area contributed by atoms with Crippen LogP contribution in [0.5, 0.6) is 0 Å². The lowest BCUT2D eigenvalue weighted by atomic mass is 10.1. The van der Waals surface area contributed by atoms with Crippen LogP contribution in [0, 0.1) is 6.92 Å². The van der Waals surface area contributed by atoms with Gasteiger partial charge in [0.05, 0.1) is 6.21 Å². The van der Waals surface area contributed by atoms with Crippen LogP contribution in [0.4, 0.5) is 5.69 Å². The predicted molar refractivity (Wildman–Crippen MR) is 116 cm³/mol. The Bertz CT molecular complexity index is 709. The third-order valence-electron chi connectivity index (χ3n) is 5.27. The van der Waals surface area contributed by atoms with Gasteiger partial charge in [-0.1, -0.05) is 42.0 Å². The molecule has 0 bridgehead atoms. The molecule has 0 aliphatic carbocycles. The van der Waals surface area contributed by atoms with Gasteiger partial charge in [0.25, 0.3) is 0 Å². The molecule has 0 amide bonds. The van der Waals surface area contributed by atoms with E-state index in [0.717, 1.165) is 51.4 Å². The third kappa shape index (κ3) is 5.57. The fraction of sp³-hybridized carbons (Fsp3) is 0.435. The molecule has 2 aromatic carbocycles. The van der Waals surface area contributed by atoms with Crippen LogP contribution >= 0.6 is 0 Å². The molecule has 2 aromatic rings. The Labute approximate surface area is 164 Å². The third-order valence-corrected chi connectivity index (χ3v) is 5.27. The van der Waals surface area contributed by atoms with Gasteiger partial charge in [-0.3, -0.25) is 9.91 Å². The van der Waals surface area contributed by atoms with Gasteiger partial charge >= 0.3 is 0 Å². The second-order valence-electron chi connectivity index (χ2n) is 7.22. The van der Waals surface area contributed by atoms with Gasteiger partial charge in [-0.15, -0.1) is 0 Å². The Morgan fingerprint density at radius 1 is 0.889 bits per heavy atom. The van der Waals surface area contributed by atoms with E-state index < -0.39 is 0 Å². The maximum Gasteiger partial charge on any atom is 0.0542 e. The van der Waals surface area contributed by atoms with E-state index in [0.29, 0.717) is 0 Å². The summed E-state index contributed by atoms with van der Waals surface area (Å²) in [5.74, 6) is 0. The van der Waals surface area contributed by atoms with E-state index in [2.05, 4.69) is 89.2 Å². The van der Waals surface area contributed by atoms with Crippen LogP contribution in [-0.2, 0) is 6.54 Å². The smallest absolute Gasteiger partial charge is 0.0542 e. The van der Waals surface area contributed by atoms with Crippen LogP contribution in [-0.4, -0.2) is 55.4 Å². The Hall–Kier alpha value is -2.33. The highest BCUT2D eigenvalue weighted by atomic mass is 15.5. The summed E-state index contributed by atoms with van der Waals surface area (Å²) in [6.45, 7) is 13.7. The lowest BCUT2D eigenvalue weighted by Gasteiger charge is -2.33. The zero-order valence-corrected chi connectivity index (χ0v) is 16.9. The molecule has 27 heavy (non-hydrogen) atoms. The minimum absolute atomic E-state index is 0.986. The minimum Gasteiger partial charge on any atom is -0.372 e. The molecular weight excluding hydrogens is 332 g/mol. The normalized spacial score (nSPS) is 15.4.